The lowest BCUT2D eigenvalue weighted by atomic mass is 9.70. The van der Waals surface area contributed by atoms with Gasteiger partial charge in [-0.15, -0.1) is 6.58 Å². The standard InChI is InChI=1S/C25H32N2O6/c1-4-13-26(14-17-9-7-6-8-10-17)23(30)21-25-12-11-18(33-25)19(24(31)32-5-2)20(25)22(29)27(21)16(3)15-28/h4,6-10,16,18-21,28H,1,5,11-15H2,2-3H3/t16-,18+,19-,20+,21?,25?/m1/s1. The van der Waals surface area contributed by atoms with Crippen molar-refractivity contribution in [3.05, 3.63) is 48.6 Å². The van der Waals surface area contributed by atoms with E-state index < -0.39 is 41.6 Å². The van der Waals surface area contributed by atoms with Gasteiger partial charge < -0.3 is 24.4 Å². The summed E-state index contributed by atoms with van der Waals surface area (Å²) >= 11 is 0. The summed E-state index contributed by atoms with van der Waals surface area (Å²) in [6, 6.07) is 8.08. The average Bonchev–Trinajstić information content (AvgIpc) is 3.46. The van der Waals surface area contributed by atoms with Gasteiger partial charge in [0.1, 0.15) is 11.6 Å². The van der Waals surface area contributed by atoms with Crippen LogP contribution in [0.25, 0.3) is 0 Å². The zero-order chi connectivity index (χ0) is 23.8. The van der Waals surface area contributed by atoms with Crippen LogP contribution in [-0.4, -0.2) is 76.2 Å². The molecule has 2 unspecified atom stereocenters. The summed E-state index contributed by atoms with van der Waals surface area (Å²) < 4.78 is 11.6. The summed E-state index contributed by atoms with van der Waals surface area (Å²) in [5.41, 5.74) is -0.149. The van der Waals surface area contributed by atoms with Crippen molar-refractivity contribution in [2.24, 2.45) is 11.8 Å². The number of benzene rings is 1. The SMILES string of the molecule is C=CCN(Cc1ccccc1)C(=O)C1N([C@H](C)CO)C(=O)[C@@H]2[C@H](C(=O)OCC)[C@@H]3CCC12O3. The van der Waals surface area contributed by atoms with Crippen LogP contribution >= 0.6 is 0 Å². The number of amides is 2. The first-order valence-corrected chi connectivity index (χ1v) is 11.6. The monoisotopic (exact) mass is 456 g/mol. The average molecular weight is 457 g/mol. The number of nitrogens with zero attached hydrogens (tertiary/aromatic N) is 2. The number of carbonyl (C=O) groups is 3. The molecule has 4 rings (SSSR count). The van der Waals surface area contributed by atoms with E-state index in [1.807, 2.05) is 30.3 Å². The molecule has 8 nitrogen and oxygen atoms in total. The first kappa shape index (κ1) is 23.4. The highest BCUT2D eigenvalue weighted by Crippen LogP contribution is 2.59. The second kappa shape index (κ2) is 9.27. The lowest BCUT2D eigenvalue weighted by molar-refractivity contribution is -0.156. The highest BCUT2D eigenvalue weighted by molar-refractivity contribution is 5.98. The van der Waals surface area contributed by atoms with Gasteiger partial charge in [0.05, 0.1) is 37.2 Å². The minimum absolute atomic E-state index is 0.208. The molecule has 33 heavy (non-hydrogen) atoms. The van der Waals surface area contributed by atoms with Gasteiger partial charge in [0.25, 0.3) is 0 Å². The van der Waals surface area contributed by atoms with Crippen LogP contribution in [0, 0.1) is 11.8 Å². The molecule has 3 aliphatic heterocycles. The molecule has 2 bridgehead atoms. The first-order chi connectivity index (χ1) is 15.9. The molecule has 3 fully saturated rings. The third-order valence-electron chi connectivity index (χ3n) is 7.15. The van der Waals surface area contributed by atoms with E-state index in [1.54, 1.807) is 24.8 Å². The van der Waals surface area contributed by atoms with E-state index in [2.05, 4.69) is 6.58 Å². The lowest BCUT2D eigenvalue weighted by Gasteiger charge is -2.38. The fourth-order valence-electron chi connectivity index (χ4n) is 5.80. The first-order valence-electron chi connectivity index (χ1n) is 11.6. The molecule has 1 aromatic carbocycles. The summed E-state index contributed by atoms with van der Waals surface area (Å²) in [6.07, 6.45) is 2.30. The van der Waals surface area contributed by atoms with E-state index in [0.717, 1.165) is 5.56 Å². The zero-order valence-corrected chi connectivity index (χ0v) is 19.2. The molecule has 3 aliphatic rings. The Bertz CT molecular complexity index is 921. The molecule has 1 spiro atoms. The maximum Gasteiger partial charge on any atom is 0.312 e. The van der Waals surface area contributed by atoms with Crippen LogP contribution in [0.3, 0.4) is 0 Å². The van der Waals surface area contributed by atoms with Crippen molar-refractivity contribution in [1.29, 1.82) is 0 Å². The number of likely N-dealkylation sites (tertiary alicyclic amines) is 1. The third kappa shape index (κ3) is 3.75. The topological polar surface area (TPSA) is 96.4 Å². The maximum atomic E-state index is 14.1. The van der Waals surface area contributed by atoms with Gasteiger partial charge in [-0.2, -0.15) is 0 Å². The highest BCUT2D eigenvalue weighted by atomic mass is 16.6. The van der Waals surface area contributed by atoms with Gasteiger partial charge >= 0.3 is 5.97 Å². The largest absolute Gasteiger partial charge is 0.466 e. The molecule has 6 atom stereocenters. The number of aliphatic hydroxyl groups excluding tert-OH is 1. The molecule has 1 N–H and O–H groups in total. The minimum Gasteiger partial charge on any atom is -0.466 e. The van der Waals surface area contributed by atoms with Gasteiger partial charge in [0.15, 0.2) is 0 Å². The Morgan fingerprint density at radius 3 is 2.76 bits per heavy atom. The number of fused-ring (bicyclic) bond motifs is 1. The van der Waals surface area contributed by atoms with Gasteiger partial charge in [0.2, 0.25) is 11.8 Å². The van der Waals surface area contributed by atoms with Crippen LogP contribution in [0.15, 0.2) is 43.0 Å². The molecule has 3 heterocycles. The van der Waals surface area contributed by atoms with Crippen LogP contribution in [0.2, 0.25) is 0 Å². The van der Waals surface area contributed by atoms with Crippen molar-refractivity contribution in [3.8, 4) is 0 Å². The molecular weight excluding hydrogens is 424 g/mol. The number of hydrogen-bond donors (Lipinski definition) is 1. The smallest absolute Gasteiger partial charge is 0.312 e. The number of esters is 1. The van der Waals surface area contributed by atoms with Gasteiger partial charge in [-0.25, -0.2) is 0 Å². The predicted octanol–water partition coefficient (Wildman–Crippen LogP) is 1.52. The van der Waals surface area contributed by atoms with Crippen molar-refractivity contribution >= 4 is 17.8 Å². The molecule has 0 aliphatic carbocycles. The van der Waals surface area contributed by atoms with Crippen LogP contribution in [-0.2, 0) is 30.4 Å². The second-order valence-electron chi connectivity index (χ2n) is 9.08. The van der Waals surface area contributed by atoms with E-state index in [4.69, 9.17) is 9.47 Å². The quantitative estimate of drug-likeness (QED) is 0.447. The Hall–Kier alpha value is -2.71. The molecule has 0 radical (unpaired) electrons. The Labute approximate surface area is 194 Å². The number of rotatable bonds is 9. The Kier molecular flexibility index (Phi) is 6.59. The second-order valence-corrected chi connectivity index (χ2v) is 9.08. The van der Waals surface area contributed by atoms with Crippen LogP contribution in [0.1, 0.15) is 32.3 Å². The highest BCUT2D eigenvalue weighted by Gasteiger charge is 2.75. The fraction of sp³-hybridized carbons (Fsp3) is 0.560. The zero-order valence-electron chi connectivity index (χ0n) is 19.2. The fourth-order valence-corrected chi connectivity index (χ4v) is 5.80. The summed E-state index contributed by atoms with van der Waals surface area (Å²) in [4.78, 5) is 43.6. The summed E-state index contributed by atoms with van der Waals surface area (Å²) in [7, 11) is 0. The lowest BCUT2D eigenvalue weighted by Crippen LogP contribution is -2.58. The molecule has 178 valence electrons. The van der Waals surface area contributed by atoms with Gasteiger partial charge in [-0.1, -0.05) is 36.4 Å². The van der Waals surface area contributed by atoms with E-state index in [0.29, 0.717) is 25.9 Å². The van der Waals surface area contributed by atoms with E-state index in [1.165, 1.54) is 4.90 Å². The van der Waals surface area contributed by atoms with E-state index in [-0.39, 0.29) is 25.0 Å². The van der Waals surface area contributed by atoms with Crippen molar-refractivity contribution in [1.82, 2.24) is 9.80 Å². The molecular formula is C25H32N2O6. The molecule has 0 aromatic heterocycles. The molecule has 8 heteroatoms. The predicted molar refractivity (Wildman–Crippen MR) is 120 cm³/mol. The molecule has 1 aromatic rings. The van der Waals surface area contributed by atoms with Gasteiger partial charge in [0, 0.05) is 13.1 Å². The molecule has 3 saturated heterocycles. The Balaban J connectivity index is 1.73. The van der Waals surface area contributed by atoms with Gasteiger partial charge in [-0.05, 0) is 32.3 Å². The minimum atomic E-state index is -1.10. The van der Waals surface area contributed by atoms with E-state index >= 15 is 0 Å². The van der Waals surface area contributed by atoms with Crippen molar-refractivity contribution in [3.63, 3.8) is 0 Å². The van der Waals surface area contributed by atoms with Crippen molar-refractivity contribution in [2.45, 2.75) is 57.0 Å². The van der Waals surface area contributed by atoms with Gasteiger partial charge in [-0.3, -0.25) is 14.4 Å². The van der Waals surface area contributed by atoms with Crippen molar-refractivity contribution in [2.75, 3.05) is 19.8 Å². The van der Waals surface area contributed by atoms with E-state index in [9.17, 15) is 19.5 Å². The number of carbonyl (C=O) groups excluding carboxylic acids is 3. The number of aliphatic hydroxyl groups is 1. The summed E-state index contributed by atoms with van der Waals surface area (Å²) in [6.45, 7) is 7.78. The number of hydrogen-bond acceptors (Lipinski definition) is 6. The van der Waals surface area contributed by atoms with Crippen LogP contribution in [0.4, 0.5) is 0 Å². The Morgan fingerprint density at radius 1 is 1.39 bits per heavy atom. The molecule has 0 saturated carbocycles. The van der Waals surface area contributed by atoms with Crippen LogP contribution < -0.4 is 0 Å². The third-order valence-corrected chi connectivity index (χ3v) is 7.15. The van der Waals surface area contributed by atoms with Crippen molar-refractivity contribution < 1.29 is 29.0 Å². The normalized spacial score (nSPS) is 30.8. The van der Waals surface area contributed by atoms with Crippen LogP contribution in [0.5, 0.6) is 0 Å². The summed E-state index contributed by atoms with van der Waals surface area (Å²) in [5, 5.41) is 9.91. The number of ether oxygens (including phenoxy) is 2. The maximum absolute atomic E-state index is 14.1. The summed E-state index contributed by atoms with van der Waals surface area (Å²) in [5.74, 6) is -2.58. The Morgan fingerprint density at radius 2 is 2.12 bits per heavy atom. The molecule has 2 amide bonds.